The van der Waals surface area contributed by atoms with E-state index in [-0.39, 0.29) is 21.8 Å². The fourth-order valence-corrected chi connectivity index (χ4v) is 1.98. The molecular formula is C14H10ClFN2O3. The van der Waals surface area contributed by atoms with Crippen molar-refractivity contribution in [1.29, 1.82) is 0 Å². The Bertz CT molecular complexity index is 714. The number of hydrogen-bond donors (Lipinski definition) is 3. The van der Waals surface area contributed by atoms with Gasteiger partial charge in [0.1, 0.15) is 5.82 Å². The van der Waals surface area contributed by atoms with E-state index in [1.54, 1.807) is 0 Å². The maximum Gasteiger partial charge on any atom is 0.337 e. The third-order valence-corrected chi connectivity index (χ3v) is 2.86. The number of rotatable bonds is 3. The van der Waals surface area contributed by atoms with E-state index in [9.17, 15) is 14.0 Å². The number of carbonyl (C=O) groups is 2. The summed E-state index contributed by atoms with van der Waals surface area (Å²) in [4.78, 5) is 23.1. The van der Waals surface area contributed by atoms with Crippen LogP contribution in [0.15, 0.2) is 36.4 Å². The van der Waals surface area contributed by atoms with Crippen molar-refractivity contribution in [1.82, 2.24) is 0 Å². The molecule has 0 atom stereocenters. The SMILES string of the molecule is Nc1cc(Cl)cc(C(=O)Nc2ccc(F)cc2C(=O)O)c1. The van der Waals surface area contributed by atoms with Crippen molar-refractivity contribution in [2.75, 3.05) is 11.1 Å². The summed E-state index contributed by atoms with van der Waals surface area (Å²) in [5.41, 5.74) is 5.67. The van der Waals surface area contributed by atoms with E-state index in [0.717, 1.165) is 12.1 Å². The summed E-state index contributed by atoms with van der Waals surface area (Å²) < 4.78 is 13.1. The van der Waals surface area contributed by atoms with Crippen LogP contribution < -0.4 is 11.1 Å². The first-order chi connectivity index (χ1) is 9.86. The van der Waals surface area contributed by atoms with Crippen molar-refractivity contribution in [3.05, 3.63) is 58.4 Å². The lowest BCUT2D eigenvalue weighted by atomic mass is 10.1. The van der Waals surface area contributed by atoms with Crippen molar-refractivity contribution in [3.8, 4) is 0 Å². The lowest BCUT2D eigenvalue weighted by molar-refractivity contribution is 0.0697. The molecule has 0 saturated carbocycles. The predicted molar refractivity (Wildman–Crippen MR) is 77.2 cm³/mol. The smallest absolute Gasteiger partial charge is 0.337 e. The molecule has 1 amide bonds. The van der Waals surface area contributed by atoms with Crippen LogP contribution >= 0.6 is 11.6 Å². The minimum Gasteiger partial charge on any atom is -0.478 e. The van der Waals surface area contributed by atoms with Crippen molar-refractivity contribution >= 4 is 34.9 Å². The minimum absolute atomic E-state index is 0.0209. The van der Waals surface area contributed by atoms with Gasteiger partial charge in [-0.15, -0.1) is 0 Å². The zero-order valence-electron chi connectivity index (χ0n) is 10.6. The van der Waals surface area contributed by atoms with Crippen LogP contribution in [0.1, 0.15) is 20.7 Å². The normalized spacial score (nSPS) is 10.2. The fraction of sp³-hybridized carbons (Fsp3) is 0. The molecule has 0 fully saturated rings. The van der Waals surface area contributed by atoms with E-state index in [1.807, 2.05) is 0 Å². The highest BCUT2D eigenvalue weighted by atomic mass is 35.5. The highest BCUT2D eigenvalue weighted by Crippen LogP contribution is 2.21. The van der Waals surface area contributed by atoms with Gasteiger partial charge in [-0.05, 0) is 36.4 Å². The highest BCUT2D eigenvalue weighted by molar-refractivity contribution is 6.31. The van der Waals surface area contributed by atoms with Gasteiger partial charge in [0.2, 0.25) is 0 Å². The van der Waals surface area contributed by atoms with Gasteiger partial charge in [0, 0.05) is 16.3 Å². The molecule has 7 heteroatoms. The van der Waals surface area contributed by atoms with Crippen LogP contribution in [0.5, 0.6) is 0 Å². The highest BCUT2D eigenvalue weighted by Gasteiger charge is 2.15. The quantitative estimate of drug-likeness (QED) is 0.760. The predicted octanol–water partition coefficient (Wildman–Crippen LogP) is 3.01. The number of nitrogens with one attached hydrogen (secondary N) is 1. The van der Waals surface area contributed by atoms with Gasteiger partial charge in [-0.25, -0.2) is 9.18 Å². The zero-order chi connectivity index (χ0) is 15.6. The van der Waals surface area contributed by atoms with E-state index < -0.39 is 17.7 Å². The second-order valence-corrected chi connectivity index (χ2v) is 4.66. The Kier molecular flexibility index (Phi) is 4.09. The van der Waals surface area contributed by atoms with Gasteiger partial charge in [-0.3, -0.25) is 4.79 Å². The van der Waals surface area contributed by atoms with Crippen LogP contribution in [0, 0.1) is 5.82 Å². The first-order valence-corrected chi connectivity index (χ1v) is 6.15. The van der Waals surface area contributed by atoms with E-state index in [1.165, 1.54) is 24.3 Å². The summed E-state index contributed by atoms with van der Waals surface area (Å²) in [5, 5.41) is 11.7. The molecule has 0 unspecified atom stereocenters. The molecule has 0 aliphatic carbocycles. The van der Waals surface area contributed by atoms with Gasteiger partial charge < -0.3 is 16.2 Å². The minimum atomic E-state index is -1.35. The second kappa shape index (κ2) is 5.80. The average Bonchev–Trinajstić information content (AvgIpc) is 2.39. The summed E-state index contributed by atoms with van der Waals surface area (Å²) in [6.07, 6.45) is 0. The van der Waals surface area contributed by atoms with Crippen LogP contribution in [0.2, 0.25) is 5.02 Å². The van der Waals surface area contributed by atoms with Crippen molar-refractivity contribution in [3.63, 3.8) is 0 Å². The van der Waals surface area contributed by atoms with Gasteiger partial charge in [-0.1, -0.05) is 11.6 Å². The molecule has 0 aromatic heterocycles. The van der Waals surface area contributed by atoms with E-state index in [0.29, 0.717) is 5.69 Å². The Morgan fingerprint density at radius 2 is 1.90 bits per heavy atom. The lowest BCUT2D eigenvalue weighted by Gasteiger charge is -2.09. The molecular weight excluding hydrogens is 299 g/mol. The molecule has 0 aliphatic rings. The molecule has 2 aromatic carbocycles. The summed E-state index contributed by atoms with van der Waals surface area (Å²) in [6, 6.07) is 7.30. The van der Waals surface area contributed by atoms with Crippen molar-refractivity contribution < 1.29 is 19.1 Å². The number of halogens is 2. The summed E-state index contributed by atoms with van der Waals surface area (Å²) in [5.74, 6) is -2.66. The number of amides is 1. The van der Waals surface area contributed by atoms with Crippen molar-refractivity contribution in [2.45, 2.75) is 0 Å². The lowest BCUT2D eigenvalue weighted by Crippen LogP contribution is -2.15. The maximum absolute atomic E-state index is 13.1. The second-order valence-electron chi connectivity index (χ2n) is 4.22. The van der Waals surface area contributed by atoms with Gasteiger partial charge in [0.05, 0.1) is 11.3 Å². The number of nitrogen functional groups attached to an aromatic ring is 1. The Morgan fingerprint density at radius 3 is 2.52 bits per heavy atom. The monoisotopic (exact) mass is 308 g/mol. The van der Waals surface area contributed by atoms with Gasteiger partial charge in [0.25, 0.3) is 5.91 Å². The van der Waals surface area contributed by atoms with Crippen LogP contribution in [0.4, 0.5) is 15.8 Å². The Morgan fingerprint density at radius 1 is 1.19 bits per heavy atom. The fourth-order valence-electron chi connectivity index (χ4n) is 1.74. The van der Waals surface area contributed by atoms with E-state index in [2.05, 4.69) is 5.32 Å². The number of carboxylic acid groups (broad SMARTS) is 1. The molecule has 0 bridgehead atoms. The topological polar surface area (TPSA) is 92.4 Å². The van der Waals surface area contributed by atoms with Crippen LogP contribution in [-0.4, -0.2) is 17.0 Å². The Hall–Kier alpha value is -2.60. The molecule has 21 heavy (non-hydrogen) atoms. The van der Waals surface area contributed by atoms with E-state index >= 15 is 0 Å². The zero-order valence-corrected chi connectivity index (χ0v) is 11.3. The van der Waals surface area contributed by atoms with Crippen LogP contribution in [0.3, 0.4) is 0 Å². The van der Waals surface area contributed by atoms with Crippen LogP contribution in [-0.2, 0) is 0 Å². The summed E-state index contributed by atoms with van der Waals surface area (Å²) >= 11 is 5.80. The number of hydrogen-bond acceptors (Lipinski definition) is 3. The Balaban J connectivity index is 2.33. The Labute approximate surface area is 124 Å². The maximum atomic E-state index is 13.1. The molecule has 108 valence electrons. The molecule has 0 spiro atoms. The molecule has 5 nitrogen and oxygen atoms in total. The molecule has 0 heterocycles. The summed E-state index contributed by atoms with van der Waals surface area (Å²) in [6.45, 7) is 0. The molecule has 0 aliphatic heterocycles. The largest absolute Gasteiger partial charge is 0.478 e. The number of carboxylic acids is 1. The van der Waals surface area contributed by atoms with Gasteiger partial charge in [-0.2, -0.15) is 0 Å². The summed E-state index contributed by atoms with van der Waals surface area (Å²) in [7, 11) is 0. The van der Waals surface area contributed by atoms with E-state index in [4.69, 9.17) is 22.4 Å². The number of anilines is 2. The molecule has 2 rings (SSSR count). The van der Waals surface area contributed by atoms with Gasteiger partial charge in [0.15, 0.2) is 0 Å². The number of aromatic carboxylic acids is 1. The molecule has 2 aromatic rings. The average molecular weight is 309 g/mol. The third kappa shape index (κ3) is 3.49. The number of carbonyl (C=O) groups excluding carboxylic acids is 1. The molecule has 0 saturated heterocycles. The van der Waals surface area contributed by atoms with Gasteiger partial charge >= 0.3 is 5.97 Å². The first-order valence-electron chi connectivity index (χ1n) is 5.77. The van der Waals surface area contributed by atoms with Crippen LogP contribution in [0.25, 0.3) is 0 Å². The first kappa shape index (κ1) is 14.8. The molecule has 4 N–H and O–H groups in total. The molecule has 0 radical (unpaired) electrons. The standard InChI is InChI=1S/C14H10ClFN2O3/c15-8-3-7(4-10(17)5-8)13(19)18-12-2-1-9(16)6-11(12)14(20)21/h1-6H,17H2,(H,18,19)(H,20,21). The third-order valence-electron chi connectivity index (χ3n) is 2.64. The van der Waals surface area contributed by atoms with Crippen molar-refractivity contribution in [2.24, 2.45) is 0 Å². The number of benzene rings is 2. The number of nitrogens with two attached hydrogens (primary N) is 1.